The number of rotatable bonds is 11. The lowest BCUT2D eigenvalue weighted by atomic mass is 10.0. The van der Waals surface area contributed by atoms with Crippen molar-refractivity contribution in [2.24, 2.45) is 21.9 Å². The largest absolute Gasteiger partial charge is 0.494 e. The number of benzene rings is 1. The van der Waals surface area contributed by atoms with Crippen LogP contribution in [0.25, 0.3) is 0 Å². The van der Waals surface area contributed by atoms with Gasteiger partial charge in [0.1, 0.15) is 5.56 Å². The van der Waals surface area contributed by atoms with Gasteiger partial charge in [0, 0.05) is 23.0 Å². The molecule has 4 N–H and O–H groups in total. The summed E-state index contributed by atoms with van der Waals surface area (Å²) in [4.78, 5) is 25.4. The molecule has 0 saturated heterocycles. The van der Waals surface area contributed by atoms with Gasteiger partial charge in [-0.3, -0.25) is 18.9 Å². The number of primary amides is 1. The number of carbonyl (C=O) groups is 1. The number of pyridine rings is 1. The summed E-state index contributed by atoms with van der Waals surface area (Å²) in [7, 11) is 0. The molecule has 0 aliphatic rings. The summed E-state index contributed by atoms with van der Waals surface area (Å²) < 4.78 is 4.50. The Hall–Kier alpha value is -2.65. The molecule has 1 aromatic carbocycles. The molecule has 2 rings (SSSR count). The van der Waals surface area contributed by atoms with Gasteiger partial charge in [-0.05, 0) is 69.3 Å². The second-order valence-corrected chi connectivity index (χ2v) is 9.14. The van der Waals surface area contributed by atoms with E-state index in [1.165, 1.54) is 19.8 Å². The standard InChI is InChI=1S/C23H33N5O3S/c1-6-28-22(30)19(21(24)29)16(5)20(23(28)31)26-25-17-10-12-18(13-11-17)32-27-15(4)9-7-8-14(2)3/h10-15,27,30H,6-9H2,1-5H3,(H2,24,29). The van der Waals surface area contributed by atoms with Crippen LogP contribution in [0.2, 0.25) is 0 Å². The van der Waals surface area contributed by atoms with E-state index in [4.69, 9.17) is 5.73 Å². The minimum atomic E-state index is -0.828. The fraction of sp³-hybridized carbons (Fsp3) is 0.478. The van der Waals surface area contributed by atoms with Crippen LogP contribution in [0.3, 0.4) is 0 Å². The van der Waals surface area contributed by atoms with Gasteiger partial charge in [-0.25, -0.2) is 0 Å². The Kier molecular flexibility index (Phi) is 9.46. The Morgan fingerprint density at radius 2 is 1.84 bits per heavy atom. The van der Waals surface area contributed by atoms with Crippen LogP contribution in [-0.4, -0.2) is 21.6 Å². The number of aromatic hydroxyl groups is 1. The van der Waals surface area contributed by atoms with E-state index < -0.39 is 17.3 Å². The van der Waals surface area contributed by atoms with Crippen molar-refractivity contribution in [3.63, 3.8) is 0 Å². The molecule has 8 nitrogen and oxygen atoms in total. The zero-order valence-electron chi connectivity index (χ0n) is 19.4. The van der Waals surface area contributed by atoms with Gasteiger partial charge in [-0.15, -0.1) is 5.11 Å². The summed E-state index contributed by atoms with van der Waals surface area (Å²) >= 11 is 1.57. The first-order valence-electron chi connectivity index (χ1n) is 10.9. The van der Waals surface area contributed by atoms with E-state index in [-0.39, 0.29) is 23.4 Å². The molecule has 0 spiro atoms. The van der Waals surface area contributed by atoms with Crippen molar-refractivity contribution in [2.75, 3.05) is 0 Å². The van der Waals surface area contributed by atoms with E-state index >= 15 is 0 Å². The third kappa shape index (κ3) is 6.67. The van der Waals surface area contributed by atoms with Gasteiger partial charge in [-0.1, -0.05) is 26.7 Å². The van der Waals surface area contributed by atoms with E-state index in [9.17, 15) is 14.7 Å². The topological polar surface area (TPSA) is 122 Å². The van der Waals surface area contributed by atoms with Crippen LogP contribution in [0, 0.1) is 12.8 Å². The smallest absolute Gasteiger partial charge is 0.281 e. The number of nitrogens with two attached hydrogens (primary N) is 1. The molecule has 0 aliphatic heterocycles. The molecule has 1 unspecified atom stereocenters. The second-order valence-electron chi connectivity index (χ2n) is 8.23. The van der Waals surface area contributed by atoms with Crippen molar-refractivity contribution in [2.45, 2.75) is 71.4 Å². The highest BCUT2D eigenvalue weighted by Gasteiger charge is 2.21. The summed E-state index contributed by atoms with van der Waals surface area (Å²) in [6.07, 6.45) is 3.58. The maximum atomic E-state index is 12.6. The summed E-state index contributed by atoms with van der Waals surface area (Å²) in [6, 6.07) is 7.88. The lowest BCUT2D eigenvalue weighted by Gasteiger charge is -2.13. The average molecular weight is 460 g/mol. The number of amides is 1. The van der Waals surface area contributed by atoms with Gasteiger partial charge in [0.2, 0.25) is 5.88 Å². The van der Waals surface area contributed by atoms with E-state index in [0.717, 1.165) is 21.8 Å². The molecule has 1 atom stereocenters. The van der Waals surface area contributed by atoms with Crippen LogP contribution in [0.5, 0.6) is 5.88 Å². The number of carbonyl (C=O) groups excluding carboxylic acids is 1. The third-order valence-electron chi connectivity index (χ3n) is 5.12. The number of nitrogens with one attached hydrogen (secondary N) is 1. The number of nitrogens with zero attached hydrogens (tertiary/aromatic N) is 3. The van der Waals surface area contributed by atoms with Crippen molar-refractivity contribution in [3.05, 3.63) is 45.7 Å². The molecule has 0 fully saturated rings. The molecule has 0 saturated carbocycles. The molecule has 0 aliphatic carbocycles. The highest BCUT2D eigenvalue weighted by atomic mass is 32.2. The second kappa shape index (κ2) is 11.8. The Morgan fingerprint density at radius 1 is 1.19 bits per heavy atom. The normalized spacial score (nSPS) is 12.6. The fourth-order valence-electron chi connectivity index (χ4n) is 3.26. The molecule has 2 aromatic rings. The van der Waals surface area contributed by atoms with Crippen LogP contribution < -0.4 is 16.0 Å². The molecular formula is C23H33N5O3S. The van der Waals surface area contributed by atoms with Crippen molar-refractivity contribution in [1.29, 1.82) is 0 Å². The van der Waals surface area contributed by atoms with Gasteiger partial charge in [0.15, 0.2) is 5.69 Å². The van der Waals surface area contributed by atoms with Gasteiger partial charge in [0.25, 0.3) is 11.5 Å². The predicted octanol–water partition coefficient (Wildman–Crippen LogP) is 5.21. The van der Waals surface area contributed by atoms with Crippen molar-refractivity contribution >= 4 is 29.2 Å². The SMILES string of the molecule is CCn1c(O)c(C(N)=O)c(C)c(N=Nc2ccc(SNC(C)CCCC(C)C)cc2)c1=O. The van der Waals surface area contributed by atoms with Crippen molar-refractivity contribution in [3.8, 4) is 5.88 Å². The Bertz CT molecular complexity index is 1020. The summed E-state index contributed by atoms with van der Waals surface area (Å²) in [5.41, 5.74) is 5.47. The van der Waals surface area contributed by atoms with Crippen LogP contribution >= 0.6 is 11.9 Å². The zero-order chi connectivity index (χ0) is 23.8. The molecule has 32 heavy (non-hydrogen) atoms. The van der Waals surface area contributed by atoms with Crippen LogP contribution in [0.15, 0.2) is 44.2 Å². The van der Waals surface area contributed by atoms with Crippen molar-refractivity contribution < 1.29 is 9.90 Å². The lowest BCUT2D eigenvalue weighted by molar-refractivity contribution is 0.0995. The first-order valence-corrected chi connectivity index (χ1v) is 11.7. The van der Waals surface area contributed by atoms with Gasteiger partial charge < -0.3 is 10.8 Å². The van der Waals surface area contributed by atoms with Gasteiger partial charge >= 0.3 is 0 Å². The first-order chi connectivity index (χ1) is 15.1. The molecular weight excluding hydrogens is 426 g/mol. The molecule has 9 heteroatoms. The quantitative estimate of drug-likeness (QED) is 0.314. The molecule has 174 valence electrons. The highest BCUT2D eigenvalue weighted by Crippen LogP contribution is 2.28. The average Bonchev–Trinajstić information content (AvgIpc) is 2.72. The molecule has 1 aromatic heterocycles. The maximum absolute atomic E-state index is 12.6. The summed E-state index contributed by atoms with van der Waals surface area (Å²) in [6.45, 7) is 10.0. The summed E-state index contributed by atoms with van der Waals surface area (Å²) in [5.74, 6) is -0.547. The zero-order valence-corrected chi connectivity index (χ0v) is 20.2. The van der Waals surface area contributed by atoms with Crippen molar-refractivity contribution in [1.82, 2.24) is 9.29 Å². The Balaban J connectivity index is 2.11. The summed E-state index contributed by atoms with van der Waals surface area (Å²) in [5, 5.41) is 18.4. The molecule has 0 bridgehead atoms. The minimum Gasteiger partial charge on any atom is -0.494 e. The van der Waals surface area contributed by atoms with E-state index in [2.05, 4.69) is 35.7 Å². The molecule has 1 amide bonds. The van der Waals surface area contributed by atoms with Gasteiger partial charge in [0.05, 0.1) is 5.69 Å². The fourth-order valence-corrected chi connectivity index (χ4v) is 3.99. The first kappa shape index (κ1) is 25.6. The van der Waals surface area contributed by atoms with E-state index in [0.29, 0.717) is 11.7 Å². The Labute approximate surface area is 193 Å². The lowest BCUT2D eigenvalue weighted by Crippen LogP contribution is -2.25. The van der Waals surface area contributed by atoms with Crippen LogP contribution in [0.4, 0.5) is 11.4 Å². The van der Waals surface area contributed by atoms with Crippen LogP contribution in [0.1, 0.15) is 62.9 Å². The van der Waals surface area contributed by atoms with E-state index in [1.54, 1.807) is 31.0 Å². The molecule has 0 radical (unpaired) electrons. The third-order valence-corrected chi connectivity index (χ3v) is 6.15. The van der Waals surface area contributed by atoms with E-state index in [1.807, 2.05) is 12.1 Å². The number of hydrogen-bond donors (Lipinski definition) is 3. The monoisotopic (exact) mass is 459 g/mol. The van der Waals surface area contributed by atoms with Crippen LogP contribution in [-0.2, 0) is 6.54 Å². The molecule has 1 heterocycles. The minimum absolute atomic E-state index is 0.0196. The maximum Gasteiger partial charge on any atom is 0.281 e. The number of azo groups is 1. The number of aromatic nitrogens is 1. The predicted molar refractivity (Wildman–Crippen MR) is 129 cm³/mol. The van der Waals surface area contributed by atoms with Gasteiger partial charge in [-0.2, -0.15) is 5.11 Å². The Morgan fingerprint density at radius 3 is 2.41 bits per heavy atom. The number of hydrogen-bond acceptors (Lipinski definition) is 7. The highest BCUT2D eigenvalue weighted by molar-refractivity contribution is 7.97.